The Bertz CT molecular complexity index is 445. The molecular weight excluding hydrogens is 316 g/mol. The van der Waals surface area contributed by atoms with E-state index in [1.54, 1.807) is 12.1 Å². The van der Waals surface area contributed by atoms with Gasteiger partial charge >= 0.3 is 5.97 Å². The second-order valence-corrected chi connectivity index (χ2v) is 6.31. The molecule has 1 unspecified atom stereocenters. The standard InChI is InChI=1S/C17H23BrO2/c1-13(2)5-4-6-14(3)11-12-20-17(19)15-7-9-16(18)10-8-15/h5,7-10,14H,4,6,11-12H2,1-3H3. The van der Waals surface area contributed by atoms with Crippen molar-refractivity contribution in [2.24, 2.45) is 5.92 Å². The molecule has 0 aliphatic rings. The van der Waals surface area contributed by atoms with Gasteiger partial charge in [-0.25, -0.2) is 4.79 Å². The first-order valence-electron chi connectivity index (χ1n) is 7.05. The molecule has 0 amide bonds. The van der Waals surface area contributed by atoms with Crippen LogP contribution in [0.5, 0.6) is 0 Å². The predicted molar refractivity (Wildman–Crippen MR) is 86.9 cm³/mol. The third-order valence-electron chi connectivity index (χ3n) is 3.14. The Morgan fingerprint density at radius 2 is 1.90 bits per heavy atom. The summed E-state index contributed by atoms with van der Waals surface area (Å²) in [5, 5.41) is 0. The lowest BCUT2D eigenvalue weighted by Crippen LogP contribution is -2.09. The van der Waals surface area contributed by atoms with Crippen molar-refractivity contribution < 1.29 is 9.53 Å². The molecule has 0 N–H and O–H groups in total. The molecule has 3 heteroatoms. The maximum atomic E-state index is 11.8. The van der Waals surface area contributed by atoms with E-state index in [0.29, 0.717) is 18.1 Å². The van der Waals surface area contributed by atoms with Crippen LogP contribution in [-0.4, -0.2) is 12.6 Å². The highest BCUT2D eigenvalue weighted by atomic mass is 79.9. The number of hydrogen-bond acceptors (Lipinski definition) is 2. The van der Waals surface area contributed by atoms with Crippen molar-refractivity contribution in [1.29, 1.82) is 0 Å². The van der Waals surface area contributed by atoms with Gasteiger partial charge in [0.25, 0.3) is 0 Å². The highest BCUT2D eigenvalue weighted by Crippen LogP contribution is 2.14. The Kier molecular flexibility index (Phi) is 7.60. The van der Waals surface area contributed by atoms with Gasteiger partial charge in [-0.1, -0.05) is 34.5 Å². The summed E-state index contributed by atoms with van der Waals surface area (Å²) in [6.45, 7) is 6.92. The summed E-state index contributed by atoms with van der Waals surface area (Å²) in [6.07, 6.45) is 5.41. The van der Waals surface area contributed by atoms with Crippen LogP contribution in [0.15, 0.2) is 40.4 Å². The third kappa shape index (κ3) is 6.90. The quantitative estimate of drug-likeness (QED) is 0.492. The molecule has 1 atom stereocenters. The average molecular weight is 339 g/mol. The molecule has 1 rings (SSSR count). The number of benzene rings is 1. The van der Waals surface area contributed by atoms with Gasteiger partial charge in [-0.05, 0) is 63.3 Å². The van der Waals surface area contributed by atoms with Crippen molar-refractivity contribution in [1.82, 2.24) is 0 Å². The van der Waals surface area contributed by atoms with E-state index in [1.165, 1.54) is 5.57 Å². The van der Waals surface area contributed by atoms with E-state index in [2.05, 4.69) is 42.8 Å². The Balaban J connectivity index is 2.24. The van der Waals surface area contributed by atoms with Gasteiger partial charge < -0.3 is 4.74 Å². The summed E-state index contributed by atoms with van der Waals surface area (Å²) in [5.41, 5.74) is 1.96. The lowest BCUT2D eigenvalue weighted by molar-refractivity contribution is 0.0484. The summed E-state index contributed by atoms with van der Waals surface area (Å²) in [4.78, 5) is 11.8. The molecular formula is C17H23BrO2. The van der Waals surface area contributed by atoms with Crippen LogP contribution in [0.1, 0.15) is 50.4 Å². The number of carbonyl (C=O) groups is 1. The van der Waals surface area contributed by atoms with Crippen LogP contribution in [0.4, 0.5) is 0 Å². The van der Waals surface area contributed by atoms with Crippen molar-refractivity contribution in [3.63, 3.8) is 0 Å². The van der Waals surface area contributed by atoms with Gasteiger partial charge in [0, 0.05) is 4.47 Å². The summed E-state index contributed by atoms with van der Waals surface area (Å²) in [7, 11) is 0. The molecule has 0 heterocycles. The van der Waals surface area contributed by atoms with Crippen LogP contribution in [0, 0.1) is 5.92 Å². The van der Waals surface area contributed by atoms with Crippen LogP contribution >= 0.6 is 15.9 Å². The minimum Gasteiger partial charge on any atom is -0.462 e. The van der Waals surface area contributed by atoms with Gasteiger partial charge in [-0.15, -0.1) is 0 Å². The van der Waals surface area contributed by atoms with Gasteiger partial charge in [0.15, 0.2) is 0 Å². The maximum absolute atomic E-state index is 11.8. The van der Waals surface area contributed by atoms with Crippen molar-refractivity contribution >= 4 is 21.9 Å². The number of halogens is 1. The molecule has 0 bridgehead atoms. The van der Waals surface area contributed by atoms with Gasteiger partial charge in [-0.2, -0.15) is 0 Å². The zero-order valence-corrected chi connectivity index (χ0v) is 14.1. The van der Waals surface area contributed by atoms with E-state index in [-0.39, 0.29) is 5.97 Å². The lowest BCUT2D eigenvalue weighted by atomic mass is 10.0. The van der Waals surface area contributed by atoms with Crippen LogP contribution in [0.25, 0.3) is 0 Å². The van der Waals surface area contributed by atoms with Crippen molar-refractivity contribution in [2.45, 2.75) is 40.0 Å². The van der Waals surface area contributed by atoms with Crippen molar-refractivity contribution in [2.75, 3.05) is 6.61 Å². The number of hydrogen-bond donors (Lipinski definition) is 0. The monoisotopic (exact) mass is 338 g/mol. The molecule has 0 fully saturated rings. The summed E-state index contributed by atoms with van der Waals surface area (Å²) in [6, 6.07) is 7.23. The second-order valence-electron chi connectivity index (χ2n) is 5.40. The van der Waals surface area contributed by atoms with Gasteiger partial charge in [-0.3, -0.25) is 0 Å². The fourth-order valence-corrected chi connectivity index (χ4v) is 2.09. The smallest absolute Gasteiger partial charge is 0.338 e. The largest absolute Gasteiger partial charge is 0.462 e. The van der Waals surface area contributed by atoms with E-state index < -0.39 is 0 Å². The third-order valence-corrected chi connectivity index (χ3v) is 3.66. The first-order valence-corrected chi connectivity index (χ1v) is 7.84. The van der Waals surface area contributed by atoms with Gasteiger partial charge in [0.1, 0.15) is 0 Å². The van der Waals surface area contributed by atoms with Crippen LogP contribution in [0.3, 0.4) is 0 Å². The predicted octanol–water partition coefficient (Wildman–Crippen LogP) is 5.38. The van der Waals surface area contributed by atoms with E-state index in [0.717, 1.165) is 23.7 Å². The lowest BCUT2D eigenvalue weighted by Gasteiger charge is -2.10. The minimum absolute atomic E-state index is 0.242. The molecule has 0 aliphatic heterocycles. The SMILES string of the molecule is CC(C)=CCCC(C)CCOC(=O)c1ccc(Br)cc1. The number of ether oxygens (including phenoxy) is 1. The van der Waals surface area contributed by atoms with Crippen molar-refractivity contribution in [3.8, 4) is 0 Å². The number of carbonyl (C=O) groups excluding carboxylic acids is 1. The van der Waals surface area contributed by atoms with Gasteiger partial charge in [0.05, 0.1) is 12.2 Å². The molecule has 1 aromatic carbocycles. The molecule has 0 aliphatic carbocycles. The maximum Gasteiger partial charge on any atom is 0.338 e. The summed E-state index contributed by atoms with van der Waals surface area (Å²) >= 11 is 3.34. The second kappa shape index (κ2) is 8.96. The Morgan fingerprint density at radius 1 is 1.25 bits per heavy atom. The Hall–Kier alpha value is -1.09. The molecule has 110 valence electrons. The average Bonchev–Trinajstić information content (AvgIpc) is 2.39. The molecule has 0 aromatic heterocycles. The van der Waals surface area contributed by atoms with E-state index in [4.69, 9.17) is 4.74 Å². The molecule has 0 saturated heterocycles. The molecule has 0 spiro atoms. The van der Waals surface area contributed by atoms with Crippen molar-refractivity contribution in [3.05, 3.63) is 46.0 Å². The fourth-order valence-electron chi connectivity index (χ4n) is 1.82. The van der Waals surface area contributed by atoms with Gasteiger partial charge in [0.2, 0.25) is 0 Å². The summed E-state index contributed by atoms with van der Waals surface area (Å²) in [5.74, 6) is 0.331. The van der Waals surface area contributed by atoms with E-state index >= 15 is 0 Å². The molecule has 20 heavy (non-hydrogen) atoms. The molecule has 0 saturated carbocycles. The highest BCUT2D eigenvalue weighted by molar-refractivity contribution is 9.10. The number of esters is 1. The highest BCUT2D eigenvalue weighted by Gasteiger charge is 2.08. The first-order chi connectivity index (χ1) is 9.49. The normalized spacial score (nSPS) is 11.8. The molecule has 2 nitrogen and oxygen atoms in total. The van der Waals surface area contributed by atoms with E-state index in [9.17, 15) is 4.79 Å². The minimum atomic E-state index is -0.242. The van der Waals surface area contributed by atoms with E-state index in [1.807, 2.05) is 12.1 Å². The van der Waals surface area contributed by atoms with Crippen LogP contribution in [-0.2, 0) is 4.74 Å². The Morgan fingerprint density at radius 3 is 2.50 bits per heavy atom. The first kappa shape index (κ1) is 17.0. The Labute approximate surface area is 130 Å². The van der Waals surface area contributed by atoms with Crippen LogP contribution < -0.4 is 0 Å². The zero-order chi connectivity index (χ0) is 15.0. The number of rotatable bonds is 7. The topological polar surface area (TPSA) is 26.3 Å². The molecule has 0 radical (unpaired) electrons. The van der Waals surface area contributed by atoms with Crippen LogP contribution in [0.2, 0.25) is 0 Å². The summed E-state index contributed by atoms with van der Waals surface area (Å²) < 4.78 is 6.26. The zero-order valence-electron chi connectivity index (χ0n) is 12.5. The molecule has 1 aromatic rings. The number of allylic oxidation sites excluding steroid dienone is 2. The fraction of sp³-hybridized carbons (Fsp3) is 0.471.